The zero-order valence-electron chi connectivity index (χ0n) is 12.5. The molecule has 0 spiro atoms. The standard InChI is InChI=1S/C17H21ClN2O/c1-3-9-19-11-14-15(18)7-4-8-17(14)21-12-16-13(2)6-5-10-20-16/h4-8,10,19H,3,9,11-12H2,1-2H3. The van der Waals surface area contributed by atoms with E-state index >= 15 is 0 Å². The summed E-state index contributed by atoms with van der Waals surface area (Å²) in [7, 11) is 0. The molecule has 21 heavy (non-hydrogen) atoms. The van der Waals surface area contributed by atoms with Gasteiger partial charge in [0.05, 0.1) is 5.69 Å². The number of halogens is 1. The predicted octanol–water partition coefficient (Wildman–Crippen LogP) is 4.12. The fourth-order valence-electron chi connectivity index (χ4n) is 2.05. The molecule has 112 valence electrons. The van der Waals surface area contributed by atoms with Gasteiger partial charge >= 0.3 is 0 Å². The molecule has 2 aromatic rings. The molecule has 0 saturated heterocycles. The number of hydrogen-bond donors (Lipinski definition) is 1. The van der Waals surface area contributed by atoms with Crippen LogP contribution in [0.15, 0.2) is 36.5 Å². The summed E-state index contributed by atoms with van der Waals surface area (Å²) in [5.41, 5.74) is 3.08. The first-order valence-corrected chi connectivity index (χ1v) is 7.61. The van der Waals surface area contributed by atoms with Crippen molar-refractivity contribution in [2.24, 2.45) is 0 Å². The Bertz CT molecular complexity index is 587. The van der Waals surface area contributed by atoms with Gasteiger partial charge in [-0.1, -0.05) is 30.7 Å². The third kappa shape index (κ3) is 4.45. The van der Waals surface area contributed by atoms with Gasteiger partial charge in [-0.3, -0.25) is 4.98 Å². The number of aromatic nitrogens is 1. The molecule has 1 aromatic heterocycles. The van der Waals surface area contributed by atoms with Crippen LogP contribution in [0.2, 0.25) is 5.02 Å². The van der Waals surface area contributed by atoms with Crippen molar-refractivity contribution in [2.75, 3.05) is 6.54 Å². The molecule has 0 radical (unpaired) electrons. The fourth-order valence-corrected chi connectivity index (χ4v) is 2.28. The van der Waals surface area contributed by atoms with Crippen LogP contribution in [0.5, 0.6) is 5.75 Å². The molecule has 0 aliphatic rings. The van der Waals surface area contributed by atoms with Crippen molar-refractivity contribution in [3.8, 4) is 5.75 Å². The Kier molecular flexibility index (Phi) is 6.03. The Balaban J connectivity index is 2.09. The third-order valence-corrected chi connectivity index (χ3v) is 3.64. The molecule has 1 aromatic carbocycles. The number of pyridine rings is 1. The Morgan fingerprint density at radius 1 is 1.24 bits per heavy atom. The monoisotopic (exact) mass is 304 g/mol. The van der Waals surface area contributed by atoms with Crippen LogP contribution in [0, 0.1) is 6.92 Å². The summed E-state index contributed by atoms with van der Waals surface area (Å²) >= 11 is 6.29. The molecular weight excluding hydrogens is 284 g/mol. The Morgan fingerprint density at radius 2 is 2.10 bits per heavy atom. The number of nitrogens with one attached hydrogen (secondary N) is 1. The minimum Gasteiger partial charge on any atom is -0.487 e. The molecule has 0 amide bonds. The largest absolute Gasteiger partial charge is 0.487 e. The molecule has 2 rings (SSSR count). The van der Waals surface area contributed by atoms with E-state index < -0.39 is 0 Å². The maximum Gasteiger partial charge on any atom is 0.130 e. The number of aryl methyl sites for hydroxylation is 1. The molecule has 0 bridgehead atoms. The van der Waals surface area contributed by atoms with Gasteiger partial charge in [0.15, 0.2) is 0 Å². The summed E-state index contributed by atoms with van der Waals surface area (Å²) in [6, 6.07) is 9.72. The fraction of sp³-hybridized carbons (Fsp3) is 0.353. The molecule has 3 nitrogen and oxygen atoms in total. The zero-order valence-corrected chi connectivity index (χ0v) is 13.3. The van der Waals surface area contributed by atoms with Crippen molar-refractivity contribution in [3.63, 3.8) is 0 Å². The van der Waals surface area contributed by atoms with Crippen LogP contribution in [0.4, 0.5) is 0 Å². The van der Waals surface area contributed by atoms with Gasteiger partial charge in [-0.25, -0.2) is 0 Å². The van der Waals surface area contributed by atoms with Gasteiger partial charge in [-0.15, -0.1) is 0 Å². The highest BCUT2D eigenvalue weighted by atomic mass is 35.5. The second-order valence-corrected chi connectivity index (χ2v) is 5.36. The second kappa shape index (κ2) is 8.01. The molecule has 0 saturated carbocycles. The van der Waals surface area contributed by atoms with Gasteiger partial charge < -0.3 is 10.1 Å². The lowest BCUT2D eigenvalue weighted by molar-refractivity contribution is 0.296. The lowest BCUT2D eigenvalue weighted by Gasteiger charge is -2.14. The topological polar surface area (TPSA) is 34.1 Å². The maximum absolute atomic E-state index is 6.29. The summed E-state index contributed by atoms with van der Waals surface area (Å²) in [6.07, 6.45) is 2.88. The summed E-state index contributed by atoms with van der Waals surface area (Å²) in [6.45, 7) is 6.30. The minimum absolute atomic E-state index is 0.452. The van der Waals surface area contributed by atoms with Gasteiger partial charge in [0.2, 0.25) is 0 Å². The van der Waals surface area contributed by atoms with Crippen molar-refractivity contribution >= 4 is 11.6 Å². The normalized spacial score (nSPS) is 10.6. The van der Waals surface area contributed by atoms with Crippen LogP contribution in [0.3, 0.4) is 0 Å². The van der Waals surface area contributed by atoms with E-state index in [1.54, 1.807) is 6.20 Å². The van der Waals surface area contributed by atoms with E-state index in [9.17, 15) is 0 Å². The Labute approximate surface area is 131 Å². The van der Waals surface area contributed by atoms with Gasteiger partial charge in [0, 0.05) is 23.3 Å². The van der Waals surface area contributed by atoms with Crippen molar-refractivity contribution in [1.29, 1.82) is 0 Å². The van der Waals surface area contributed by atoms with E-state index in [1.165, 1.54) is 0 Å². The van der Waals surface area contributed by atoms with E-state index in [0.29, 0.717) is 13.2 Å². The first kappa shape index (κ1) is 15.8. The second-order valence-electron chi connectivity index (χ2n) is 4.95. The lowest BCUT2D eigenvalue weighted by atomic mass is 10.2. The molecule has 0 atom stereocenters. The van der Waals surface area contributed by atoms with E-state index in [1.807, 2.05) is 37.3 Å². The number of rotatable bonds is 7. The van der Waals surface area contributed by atoms with E-state index in [-0.39, 0.29) is 0 Å². The van der Waals surface area contributed by atoms with Crippen molar-refractivity contribution in [1.82, 2.24) is 10.3 Å². The Morgan fingerprint density at radius 3 is 2.86 bits per heavy atom. The number of hydrogen-bond acceptors (Lipinski definition) is 3. The van der Waals surface area contributed by atoms with E-state index in [4.69, 9.17) is 16.3 Å². The molecule has 0 unspecified atom stereocenters. The summed E-state index contributed by atoms with van der Waals surface area (Å²) < 4.78 is 5.93. The van der Waals surface area contributed by atoms with Gasteiger partial charge in [-0.2, -0.15) is 0 Å². The predicted molar refractivity (Wildman–Crippen MR) is 86.8 cm³/mol. The smallest absolute Gasteiger partial charge is 0.130 e. The number of nitrogens with zero attached hydrogens (tertiary/aromatic N) is 1. The Hall–Kier alpha value is -1.58. The van der Waals surface area contributed by atoms with Crippen molar-refractivity contribution in [3.05, 3.63) is 58.4 Å². The van der Waals surface area contributed by atoms with Crippen LogP contribution in [-0.2, 0) is 13.2 Å². The minimum atomic E-state index is 0.452. The molecule has 1 heterocycles. The van der Waals surface area contributed by atoms with Crippen molar-refractivity contribution < 1.29 is 4.74 Å². The quantitative estimate of drug-likeness (QED) is 0.781. The highest BCUT2D eigenvalue weighted by Crippen LogP contribution is 2.27. The SMILES string of the molecule is CCCNCc1c(Cl)cccc1OCc1ncccc1C. The molecular formula is C17H21ClN2O. The lowest BCUT2D eigenvalue weighted by Crippen LogP contribution is -2.15. The molecule has 4 heteroatoms. The van der Waals surface area contributed by atoms with Crippen molar-refractivity contribution in [2.45, 2.75) is 33.4 Å². The van der Waals surface area contributed by atoms with Crippen LogP contribution in [0.25, 0.3) is 0 Å². The highest BCUT2D eigenvalue weighted by molar-refractivity contribution is 6.31. The maximum atomic E-state index is 6.29. The van der Waals surface area contributed by atoms with Gasteiger partial charge in [-0.05, 0) is 43.7 Å². The van der Waals surface area contributed by atoms with E-state index in [2.05, 4.69) is 17.2 Å². The van der Waals surface area contributed by atoms with Gasteiger partial charge in [0.1, 0.15) is 12.4 Å². The average molecular weight is 305 g/mol. The average Bonchev–Trinajstić information content (AvgIpc) is 2.49. The van der Waals surface area contributed by atoms with E-state index in [0.717, 1.165) is 40.6 Å². The molecule has 0 aliphatic heterocycles. The number of benzene rings is 1. The first-order chi connectivity index (χ1) is 10.2. The molecule has 1 N–H and O–H groups in total. The third-order valence-electron chi connectivity index (χ3n) is 3.29. The van der Waals surface area contributed by atoms with Crippen LogP contribution in [-0.4, -0.2) is 11.5 Å². The summed E-state index contributed by atoms with van der Waals surface area (Å²) in [4.78, 5) is 4.35. The van der Waals surface area contributed by atoms with Crippen LogP contribution in [0.1, 0.15) is 30.2 Å². The molecule has 0 fully saturated rings. The van der Waals surface area contributed by atoms with Crippen LogP contribution >= 0.6 is 11.6 Å². The first-order valence-electron chi connectivity index (χ1n) is 7.23. The zero-order chi connectivity index (χ0) is 15.1. The highest BCUT2D eigenvalue weighted by Gasteiger charge is 2.09. The molecule has 0 aliphatic carbocycles. The van der Waals surface area contributed by atoms with Gasteiger partial charge in [0.25, 0.3) is 0 Å². The summed E-state index contributed by atoms with van der Waals surface area (Å²) in [5.74, 6) is 0.816. The summed E-state index contributed by atoms with van der Waals surface area (Å²) in [5, 5.41) is 4.09. The van der Waals surface area contributed by atoms with Crippen LogP contribution < -0.4 is 10.1 Å². The number of ether oxygens (including phenoxy) is 1.